The lowest BCUT2D eigenvalue weighted by Gasteiger charge is -2.16. The summed E-state index contributed by atoms with van der Waals surface area (Å²) in [6, 6.07) is 1.65. The first-order chi connectivity index (χ1) is 8.65. The molecule has 2 aromatic rings. The number of fused-ring (bicyclic) bond motifs is 1. The van der Waals surface area contributed by atoms with Crippen molar-refractivity contribution in [3.8, 4) is 0 Å². The van der Waals surface area contributed by atoms with Crippen LogP contribution in [0.25, 0.3) is 5.65 Å². The number of H-pyrrole nitrogens is 1. The quantitative estimate of drug-likeness (QED) is 0.637. The van der Waals surface area contributed by atoms with Crippen molar-refractivity contribution in [2.24, 2.45) is 5.73 Å². The van der Waals surface area contributed by atoms with Gasteiger partial charge in [-0.25, -0.2) is 19.3 Å². The topological polar surface area (TPSA) is 110 Å². The van der Waals surface area contributed by atoms with Crippen LogP contribution in [0, 0.1) is 6.92 Å². The summed E-state index contributed by atoms with van der Waals surface area (Å²) in [6.07, 6.45) is 0. The van der Waals surface area contributed by atoms with E-state index in [0.717, 1.165) is 0 Å². The van der Waals surface area contributed by atoms with Gasteiger partial charge in [0.1, 0.15) is 11.6 Å². The molecule has 0 fully saturated rings. The molecule has 0 aliphatic rings. The van der Waals surface area contributed by atoms with Gasteiger partial charge in [-0.15, -0.1) is 0 Å². The Kier molecular flexibility index (Phi) is 3.58. The molecule has 18 heavy (non-hydrogen) atoms. The van der Waals surface area contributed by atoms with Crippen LogP contribution in [0.2, 0.25) is 0 Å². The Hall–Kier alpha value is -1.93. The maximum Gasteiger partial charge on any atom is 0.349 e. The Morgan fingerprint density at radius 3 is 3.11 bits per heavy atom. The number of anilines is 1. The van der Waals surface area contributed by atoms with Crippen molar-refractivity contribution in [2.75, 3.05) is 25.6 Å². The zero-order valence-corrected chi connectivity index (χ0v) is 10.3. The Bertz CT molecular complexity index is 590. The van der Waals surface area contributed by atoms with Gasteiger partial charge in [0.15, 0.2) is 5.65 Å². The third-order valence-electron chi connectivity index (χ3n) is 2.57. The number of nitrogens with zero attached hydrogens (tertiary/aromatic N) is 3. The number of nitrogens with one attached hydrogen (secondary N) is 2. The van der Waals surface area contributed by atoms with Crippen LogP contribution < -0.4 is 16.7 Å². The molecule has 1 unspecified atom stereocenters. The number of aryl methyl sites for hydroxylation is 1. The molecule has 98 valence electrons. The van der Waals surface area contributed by atoms with Crippen LogP contribution in [0.5, 0.6) is 0 Å². The molecule has 8 nitrogen and oxygen atoms in total. The lowest BCUT2D eigenvalue weighted by Crippen LogP contribution is -2.33. The van der Waals surface area contributed by atoms with E-state index in [0.29, 0.717) is 30.4 Å². The maximum atomic E-state index is 11.4. The number of aromatic amines is 1. The number of methoxy groups -OCH3 is 1. The van der Waals surface area contributed by atoms with E-state index >= 15 is 0 Å². The summed E-state index contributed by atoms with van der Waals surface area (Å²) in [7, 11) is 1.61. The van der Waals surface area contributed by atoms with Gasteiger partial charge in [-0.2, -0.15) is 5.10 Å². The summed E-state index contributed by atoms with van der Waals surface area (Å²) in [5, 5.41) is 9.42. The molecular weight excluding hydrogens is 236 g/mol. The van der Waals surface area contributed by atoms with Crippen molar-refractivity contribution in [2.45, 2.75) is 13.0 Å². The molecule has 4 N–H and O–H groups in total. The fourth-order valence-electron chi connectivity index (χ4n) is 1.75. The molecule has 0 radical (unpaired) electrons. The summed E-state index contributed by atoms with van der Waals surface area (Å²) in [6.45, 7) is 2.64. The lowest BCUT2D eigenvalue weighted by molar-refractivity contribution is 0.187. The third-order valence-corrected chi connectivity index (χ3v) is 2.57. The fraction of sp³-hybridized carbons (Fsp3) is 0.500. The monoisotopic (exact) mass is 252 g/mol. The molecule has 0 amide bonds. The van der Waals surface area contributed by atoms with Crippen molar-refractivity contribution >= 4 is 11.5 Å². The van der Waals surface area contributed by atoms with E-state index in [-0.39, 0.29) is 11.7 Å². The minimum absolute atomic E-state index is 0.0324. The van der Waals surface area contributed by atoms with E-state index in [1.807, 2.05) is 0 Å². The highest BCUT2D eigenvalue weighted by Gasteiger charge is 2.10. The van der Waals surface area contributed by atoms with Crippen molar-refractivity contribution in [3.05, 3.63) is 22.4 Å². The lowest BCUT2D eigenvalue weighted by atomic mass is 10.3. The van der Waals surface area contributed by atoms with Gasteiger partial charge in [-0.3, -0.25) is 0 Å². The van der Waals surface area contributed by atoms with Crippen LogP contribution in [-0.4, -0.2) is 45.9 Å². The highest BCUT2D eigenvalue weighted by atomic mass is 16.5. The van der Waals surface area contributed by atoms with Crippen LogP contribution in [0.1, 0.15) is 5.82 Å². The molecular formula is C10H16N6O2. The number of ether oxygens (including phenoxy) is 1. The normalized spacial score (nSPS) is 12.8. The summed E-state index contributed by atoms with van der Waals surface area (Å²) < 4.78 is 6.44. The molecule has 0 aliphatic heterocycles. The highest BCUT2D eigenvalue weighted by molar-refractivity contribution is 5.50. The highest BCUT2D eigenvalue weighted by Crippen LogP contribution is 2.09. The fourth-order valence-corrected chi connectivity index (χ4v) is 1.75. The first kappa shape index (κ1) is 12.5. The minimum atomic E-state index is -0.297. The molecule has 8 heteroatoms. The average Bonchev–Trinajstić information content (AvgIpc) is 2.71. The molecule has 1 atom stereocenters. The standard InChI is InChI=1S/C10H16N6O2/c1-6-12-8(13-7(4-11)5-18-2)3-9-14-15-10(17)16(6)9/h3,7,13H,4-5,11H2,1-2H3,(H,15,17). The Morgan fingerprint density at radius 1 is 1.67 bits per heavy atom. The zero-order valence-electron chi connectivity index (χ0n) is 10.3. The first-order valence-corrected chi connectivity index (χ1v) is 5.56. The Balaban J connectivity index is 2.32. The van der Waals surface area contributed by atoms with Crippen LogP contribution >= 0.6 is 0 Å². The van der Waals surface area contributed by atoms with E-state index in [9.17, 15) is 4.79 Å². The van der Waals surface area contributed by atoms with E-state index in [2.05, 4.69) is 20.5 Å². The molecule has 0 saturated heterocycles. The van der Waals surface area contributed by atoms with Gasteiger partial charge in [0, 0.05) is 19.7 Å². The molecule has 2 rings (SSSR count). The molecule has 0 aliphatic carbocycles. The predicted molar refractivity (Wildman–Crippen MR) is 66.7 cm³/mol. The second-order valence-corrected chi connectivity index (χ2v) is 3.94. The molecule has 2 aromatic heterocycles. The van der Waals surface area contributed by atoms with E-state index in [1.165, 1.54) is 4.40 Å². The summed E-state index contributed by atoms with van der Waals surface area (Å²) >= 11 is 0. The Morgan fingerprint density at radius 2 is 2.44 bits per heavy atom. The summed E-state index contributed by atoms with van der Waals surface area (Å²) in [4.78, 5) is 15.7. The van der Waals surface area contributed by atoms with Gasteiger partial charge < -0.3 is 15.8 Å². The van der Waals surface area contributed by atoms with E-state index in [1.54, 1.807) is 20.1 Å². The number of hydrogen-bond acceptors (Lipinski definition) is 6. The summed E-state index contributed by atoms with van der Waals surface area (Å²) in [5.41, 5.74) is 5.83. The average molecular weight is 252 g/mol. The van der Waals surface area contributed by atoms with Crippen molar-refractivity contribution in [1.29, 1.82) is 0 Å². The van der Waals surface area contributed by atoms with Crippen LogP contribution in [0.3, 0.4) is 0 Å². The van der Waals surface area contributed by atoms with Crippen LogP contribution in [0.15, 0.2) is 10.9 Å². The van der Waals surface area contributed by atoms with Crippen LogP contribution in [0.4, 0.5) is 5.82 Å². The molecule has 0 bridgehead atoms. The zero-order chi connectivity index (χ0) is 13.1. The predicted octanol–water partition coefficient (Wildman–Crippen LogP) is -0.888. The van der Waals surface area contributed by atoms with Gasteiger partial charge in [-0.05, 0) is 6.92 Å². The van der Waals surface area contributed by atoms with E-state index < -0.39 is 0 Å². The summed E-state index contributed by atoms with van der Waals surface area (Å²) in [5.74, 6) is 1.17. The third kappa shape index (κ3) is 2.34. The SMILES string of the molecule is COCC(CN)Nc1cc2n[nH]c(=O)n2c(C)n1. The molecule has 2 heterocycles. The smallest absolute Gasteiger partial charge is 0.349 e. The first-order valence-electron chi connectivity index (χ1n) is 5.56. The number of hydrogen-bond donors (Lipinski definition) is 3. The number of nitrogens with two attached hydrogens (primary N) is 1. The van der Waals surface area contributed by atoms with Gasteiger partial charge >= 0.3 is 5.69 Å². The van der Waals surface area contributed by atoms with Gasteiger partial charge in [0.25, 0.3) is 0 Å². The molecule has 0 saturated carbocycles. The molecule has 0 aromatic carbocycles. The minimum Gasteiger partial charge on any atom is -0.383 e. The number of rotatable bonds is 5. The largest absolute Gasteiger partial charge is 0.383 e. The van der Waals surface area contributed by atoms with E-state index in [4.69, 9.17) is 10.5 Å². The van der Waals surface area contributed by atoms with Gasteiger partial charge in [0.05, 0.1) is 12.6 Å². The van der Waals surface area contributed by atoms with Crippen molar-refractivity contribution in [1.82, 2.24) is 19.6 Å². The van der Waals surface area contributed by atoms with Gasteiger partial charge in [-0.1, -0.05) is 0 Å². The second-order valence-electron chi connectivity index (χ2n) is 3.94. The van der Waals surface area contributed by atoms with Crippen molar-refractivity contribution in [3.63, 3.8) is 0 Å². The number of aromatic nitrogens is 4. The van der Waals surface area contributed by atoms with Crippen LogP contribution in [-0.2, 0) is 4.74 Å². The van der Waals surface area contributed by atoms with Crippen molar-refractivity contribution < 1.29 is 4.74 Å². The Labute approximate surface area is 103 Å². The molecule has 0 spiro atoms. The maximum absolute atomic E-state index is 11.4. The second kappa shape index (κ2) is 5.15. The van der Waals surface area contributed by atoms with Gasteiger partial charge in [0.2, 0.25) is 0 Å².